The Hall–Kier alpha value is -2.76. The molecule has 1 aromatic rings. The first-order valence-electron chi connectivity index (χ1n) is 15.6. The van der Waals surface area contributed by atoms with Crippen molar-refractivity contribution in [1.29, 1.82) is 0 Å². The largest absolute Gasteiger partial charge is 0.377 e. The summed E-state index contributed by atoms with van der Waals surface area (Å²) in [5.41, 5.74) is 7.75. The van der Waals surface area contributed by atoms with Crippen LogP contribution in [0.4, 0.5) is 20.3 Å². The summed E-state index contributed by atoms with van der Waals surface area (Å²) >= 11 is 0. The zero-order chi connectivity index (χ0) is 29.4. The number of hydrogen-bond acceptors (Lipinski definition) is 8. The Morgan fingerprint density at radius 3 is 2.71 bits per heavy atom. The number of amides is 1. The molecule has 1 amide bonds. The van der Waals surface area contributed by atoms with Gasteiger partial charge in [-0.15, -0.1) is 0 Å². The van der Waals surface area contributed by atoms with Gasteiger partial charge in [-0.2, -0.15) is 0 Å². The summed E-state index contributed by atoms with van der Waals surface area (Å²) in [6, 6.07) is 2.96. The van der Waals surface area contributed by atoms with Crippen molar-refractivity contribution in [1.82, 2.24) is 25.2 Å². The van der Waals surface area contributed by atoms with Gasteiger partial charge in [-0.05, 0) is 57.6 Å². The molecule has 0 saturated carbocycles. The predicted molar refractivity (Wildman–Crippen MR) is 160 cm³/mol. The molecule has 11 heteroatoms. The van der Waals surface area contributed by atoms with E-state index in [2.05, 4.69) is 56.6 Å². The van der Waals surface area contributed by atoms with Crippen molar-refractivity contribution in [3.8, 4) is 0 Å². The number of hydrogen-bond donors (Lipinski definition) is 1. The maximum absolute atomic E-state index is 14.5. The van der Waals surface area contributed by atoms with E-state index in [1.165, 1.54) is 17.3 Å². The summed E-state index contributed by atoms with van der Waals surface area (Å²) in [7, 11) is 0. The van der Waals surface area contributed by atoms with Gasteiger partial charge >= 0.3 is 0 Å². The Balaban J connectivity index is 1.22. The van der Waals surface area contributed by atoms with Crippen molar-refractivity contribution in [2.24, 2.45) is 0 Å². The van der Waals surface area contributed by atoms with Gasteiger partial charge in [0, 0.05) is 87.5 Å². The Labute approximate surface area is 248 Å². The topological polar surface area (TPSA) is 67.4 Å². The molecule has 1 aromatic heterocycles. The number of ether oxygens (including phenoxy) is 1. The first-order chi connectivity index (χ1) is 20.4. The molecular weight excluding hydrogens is 540 g/mol. The quantitative estimate of drug-likeness (QED) is 0.540. The molecule has 1 N–H and O–H groups in total. The number of nitrogens with zero attached hydrogens (tertiary/aromatic N) is 6. The number of anilines is 2. The van der Waals surface area contributed by atoms with Crippen LogP contribution in [0.25, 0.3) is 0 Å². The van der Waals surface area contributed by atoms with Crippen LogP contribution in [0.3, 0.4) is 0 Å². The highest BCUT2D eigenvalue weighted by Gasteiger charge is 2.45. The summed E-state index contributed by atoms with van der Waals surface area (Å²) in [6.45, 7) is 15.2. The smallest absolute Gasteiger partial charge is 0.280 e. The van der Waals surface area contributed by atoms with E-state index in [0.29, 0.717) is 56.7 Å². The minimum absolute atomic E-state index is 0.0111. The van der Waals surface area contributed by atoms with Crippen molar-refractivity contribution in [3.05, 3.63) is 41.2 Å². The summed E-state index contributed by atoms with van der Waals surface area (Å²) in [6.07, 6.45) is 3.07. The van der Waals surface area contributed by atoms with Gasteiger partial charge in [0.2, 0.25) is 5.91 Å². The number of alkyl halides is 2. The van der Waals surface area contributed by atoms with Gasteiger partial charge in [0.05, 0.1) is 19.3 Å². The van der Waals surface area contributed by atoms with Crippen molar-refractivity contribution < 1.29 is 18.3 Å². The van der Waals surface area contributed by atoms with Crippen LogP contribution in [0.5, 0.6) is 0 Å². The van der Waals surface area contributed by atoms with E-state index >= 15 is 0 Å². The van der Waals surface area contributed by atoms with Crippen LogP contribution < -0.4 is 15.2 Å². The number of allylic oxidation sites excluding steroid dienone is 1. The van der Waals surface area contributed by atoms with Crippen molar-refractivity contribution in [2.45, 2.75) is 70.5 Å². The molecule has 6 heterocycles. The van der Waals surface area contributed by atoms with Crippen molar-refractivity contribution in [3.63, 3.8) is 0 Å². The first kappa shape index (κ1) is 29.3. The third kappa shape index (κ3) is 5.63. The Morgan fingerprint density at radius 1 is 1.14 bits per heavy atom. The molecule has 42 heavy (non-hydrogen) atoms. The van der Waals surface area contributed by atoms with Crippen LogP contribution in [-0.4, -0.2) is 109 Å². The average molecular weight is 586 g/mol. The number of piperazine rings is 1. The Bertz CT molecular complexity index is 1200. The number of fused-ring (bicyclic) bond motifs is 4. The normalized spacial score (nSPS) is 27.6. The van der Waals surface area contributed by atoms with Gasteiger partial charge in [-0.1, -0.05) is 6.58 Å². The Kier molecular flexibility index (Phi) is 8.70. The van der Waals surface area contributed by atoms with Crippen LogP contribution in [0, 0.1) is 0 Å². The molecule has 0 spiro atoms. The van der Waals surface area contributed by atoms with Gasteiger partial charge in [-0.3, -0.25) is 9.69 Å². The fourth-order valence-corrected chi connectivity index (χ4v) is 7.47. The maximum atomic E-state index is 14.5. The van der Waals surface area contributed by atoms with Crippen molar-refractivity contribution >= 4 is 17.4 Å². The predicted octanol–water partition coefficient (Wildman–Crippen LogP) is 3.34. The van der Waals surface area contributed by atoms with Gasteiger partial charge in [0.1, 0.15) is 11.5 Å². The van der Waals surface area contributed by atoms with Crippen LogP contribution in [-0.2, 0) is 16.0 Å². The highest BCUT2D eigenvalue weighted by Crippen LogP contribution is 2.43. The summed E-state index contributed by atoms with van der Waals surface area (Å²) in [4.78, 5) is 25.5. The van der Waals surface area contributed by atoms with Gasteiger partial charge in [0.15, 0.2) is 0 Å². The van der Waals surface area contributed by atoms with Crippen LogP contribution in [0.1, 0.15) is 57.2 Å². The molecule has 3 fully saturated rings. The minimum Gasteiger partial charge on any atom is -0.377 e. The van der Waals surface area contributed by atoms with Gasteiger partial charge < -0.3 is 24.4 Å². The zero-order valence-electron chi connectivity index (χ0n) is 25.0. The molecule has 9 nitrogen and oxygen atoms in total. The molecule has 2 unspecified atom stereocenters. The van der Waals surface area contributed by atoms with Crippen LogP contribution in [0.15, 0.2) is 30.0 Å². The van der Waals surface area contributed by atoms with Crippen molar-refractivity contribution in [2.75, 3.05) is 75.4 Å². The number of nitrogens with one attached hydrogen (secondary N) is 1. The molecular formula is C31H45F2N7O2. The van der Waals surface area contributed by atoms with E-state index in [4.69, 9.17) is 4.74 Å². The second-order valence-electron chi connectivity index (χ2n) is 12.4. The third-order valence-corrected chi connectivity index (χ3v) is 9.83. The molecule has 3 saturated heterocycles. The van der Waals surface area contributed by atoms with E-state index in [9.17, 15) is 13.6 Å². The molecule has 6 rings (SSSR count). The van der Waals surface area contributed by atoms with E-state index in [1.54, 1.807) is 0 Å². The number of carbonyl (C=O) groups is 1. The van der Waals surface area contributed by atoms with E-state index in [0.717, 1.165) is 64.1 Å². The minimum atomic E-state index is -2.62. The summed E-state index contributed by atoms with van der Waals surface area (Å²) < 4.78 is 35.1. The maximum Gasteiger partial charge on any atom is 0.280 e. The molecule has 3 atom stereocenters. The number of pyridine rings is 1. The first-order valence-corrected chi connectivity index (χ1v) is 15.6. The standard InChI is InChI=1S/C31H45F2N7O2/c1-4-29(41)38-13-11-36(12-14-38)27-19-39-25(27)8-5-7-23-26(39)17-28(35-30(23)31(32)33)37-10-6-9-24-21(2)18-34-40(24)22(3)20-42-16-15-37/h4,17,22,25,27,31,34H,1,5-16,18-20H2,2-3H3/t22-,25?,27?/m1/s1. The molecule has 0 radical (unpaired) electrons. The highest BCUT2D eigenvalue weighted by molar-refractivity contribution is 5.87. The monoisotopic (exact) mass is 585 g/mol. The molecule has 230 valence electrons. The second kappa shape index (κ2) is 12.5. The van der Waals surface area contributed by atoms with Crippen LogP contribution >= 0.6 is 0 Å². The third-order valence-electron chi connectivity index (χ3n) is 9.83. The summed E-state index contributed by atoms with van der Waals surface area (Å²) in [5.74, 6) is 0.621. The van der Waals surface area contributed by atoms with E-state index in [1.807, 2.05) is 4.90 Å². The number of hydrazine groups is 1. The van der Waals surface area contributed by atoms with Gasteiger partial charge in [0.25, 0.3) is 6.43 Å². The number of carbonyl (C=O) groups excluding carboxylic acids is 1. The highest BCUT2D eigenvalue weighted by atomic mass is 19.3. The lowest BCUT2D eigenvalue weighted by molar-refractivity contribution is -0.128. The second-order valence-corrected chi connectivity index (χ2v) is 12.4. The lowest BCUT2D eigenvalue weighted by Crippen LogP contribution is -2.69. The number of halogens is 2. The summed E-state index contributed by atoms with van der Waals surface area (Å²) in [5, 5.41) is 2.25. The average Bonchev–Trinajstić information content (AvgIpc) is 3.26. The Morgan fingerprint density at radius 2 is 1.95 bits per heavy atom. The fourth-order valence-electron chi connectivity index (χ4n) is 7.47. The van der Waals surface area contributed by atoms with E-state index in [-0.39, 0.29) is 23.7 Å². The SMILES string of the molecule is C=CC(=O)N1CCN(C2CN3c4cc(N5CCCC6=C(C)CNN6[C@H](C)COCC5)nc(C(F)F)c4CCCC23)CC1. The molecule has 0 aromatic carbocycles. The lowest BCUT2D eigenvalue weighted by Gasteiger charge is -2.55. The molecule has 5 aliphatic rings. The number of rotatable bonds is 4. The molecule has 0 aliphatic carbocycles. The van der Waals surface area contributed by atoms with Crippen LogP contribution in [0.2, 0.25) is 0 Å². The zero-order valence-corrected chi connectivity index (χ0v) is 25.0. The molecule has 5 aliphatic heterocycles. The fraction of sp³-hybridized carbons (Fsp3) is 0.677. The van der Waals surface area contributed by atoms with E-state index < -0.39 is 6.43 Å². The lowest BCUT2D eigenvalue weighted by atomic mass is 9.90. The number of aromatic nitrogens is 1. The van der Waals surface area contributed by atoms with Gasteiger partial charge in [-0.25, -0.2) is 19.2 Å². The molecule has 0 bridgehead atoms.